The highest BCUT2D eigenvalue weighted by Crippen LogP contribution is 2.27. The van der Waals surface area contributed by atoms with Gasteiger partial charge in [0, 0.05) is 50.5 Å². The van der Waals surface area contributed by atoms with E-state index in [-0.39, 0.29) is 5.92 Å². The van der Waals surface area contributed by atoms with E-state index >= 15 is 0 Å². The van der Waals surface area contributed by atoms with E-state index in [9.17, 15) is 4.79 Å². The molecule has 0 saturated carbocycles. The molecule has 0 spiro atoms. The zero-order chi connectivity index (χ0) is 17.2. The second-order valence-corrected chi connectivity index (χ2v) is 6.70. The van der Waals surface area contributed by atoms with Crippen LogP contribution in [0.1, 0.15) is 12.2 Å². The van der Waals surface area contributed by atoms with Gasteiger partial charge in [0.05, 0.1) is 5.92 Å². The highest BCUT2D eigenvalue weighted by molar-refractivity contribution is 5.80. The number of benzene rings is 1. The van der Waals surface area contributed by atoms with E-state index in [0.29, 0.717) is 17.6 Å². The molecule has 132 valence electrons. The smallest absolute Gasteiger partial charge is 0.257 e. The molecule has 0 bridgehead atoms. The maximum Gasteiger partial charge on any atom is 0.257 e. The maximum atomic E-state index is 12.7. The Hall–Kier alpha value is -2.41. The SMILES string of the molecule is Cc1noc(-c2ccc(N3CC[C@@H](C(=O)N4CCNCC4)C3)cc2)n1. The van der Waals surface area contributed by atoms with Crippen molar-refractivity contribution in [1.29, 1.82) is 0 Å². The van der Waals surface area contributed by atoms with Gasteiger partial charge in [-0.3, -0.25) is 4.79 Å². The Balaban J connectivity index is 1.40. The molecule has 0 radical (unpaired) electrons. The third-order valence-electron chi connectivity index (χ3n) is 4.97. The summed E-state index contributed by atoms with van der Waals surface area (Å²) >= 11 is 0. The second kappa shape index (κ2) is 6.84. The van der Waals surface area contributed by atoms with E-state index in [1.807, 2.05) is 17.0 Å². The van der Waals surface area contributed by atoms with Crippen molar-refractivity contribution < 1.29 is 9.32 Å². The van der Waals surface area contributed by atoms with E-state index in [4.69, 9.17) is 4.52 Å². The molecule has 2 fully saturated rings. The molecule has 2 aromatic rings. The molecule has 1 aromatic heterocycles. The van der Waals surface area contributed by atoms with Gasteiger partial charge >= 0.3 is 0 Å². The number of nitrogens with one attached hydrogen (secondary N) is 1. The summed E-state index contributed by atoms with van der Waals surface area (Å²) in [6, 6.07) is 8.11. The van der Waals surface area contributed by atoms with Gasteiger partial charge in [0.2, 0.25) is 5.91 Å². The summed E-state index contributed by atoms with van der Waals surface area (Å²) in [6.07, 6.45) is 0.924. The van der Waals surface area contributed by atoms with Gasteiger partial charge in [-0.05, 0) is 37.6 Å². The maximum absolute atomic E-state index is 12.7. The molecule has 7 nitrogen and oxygen atoms in total. The van der Waals surface area contributed by atoms with E-state index in [0.717, 1.165) is 56.9 Å². The van der Waals surface area contributed by atoms with Crippen molar-refractivity contribution in [3.63, 3.8) is 0 Å². The van der Waals surface area contributed by atoms with Crippen LogP contribution in [-0.4, -0.2) is 60.2 Å². The molecular formula is C18H23N5O2. The number of piperazine rings is 1. The van der Waals surface area contributed by atoms with E-state index in [2.05, 4.69) is 32.5 Å². The summed E-state index contributed by atoms with van der Waals surface area (Å²) < 4.78 is 5.20. The van der Waals surface area contributed by atoms with Gasteiger partial charge in [0.25, 0.3) is 5.89 Å². The van der Waals surface area contributed by atoms with Crippen molar-refractivity contribution in [2.75, 3.05) is 44.2 Å². The summed E-state index contributed by atoms with van der Waals surface area (Å²) in [6.45, 7) is 6.98. The van der Waals surface area contributed by atoms with E-state index < -0.39 is 0 Å². The second-order valence-electron chi connectivity index (χ2n) is 6.70. The average Bonchev–Trinajstić information content (AvgIpc) is 3.31. The minimum absolute atomic E-state index is 0.108. The molecule has 0 aliphatic carbocycles. The normalized spacial score (nSPS) is 20.9. The fourth-order valence-electron chi connectivity index (χ4n) is 3.57. The first-order valence-corrected chi connectivity index (χ1v) is 8.86. The van der Waals surface area contributed by atoms with Gasteiger partial charge < -0.3 is 19.6 Å². The molecule has 25 heavy (non-hydrogen) atoms. The summed E-state index contributed by atoms with van der Waals surface area (Å²) in [5.74, 6) is 1.59. The predicted molar refractivity (Wildman–Crippen MR) is 94.2 cm³/mol. The highest BCUT2D eigenvalue weighted by atomic mass is 16.5. The van der Waals surface area contributed by atoms with Gasteiger partial charge in [-0.15, -0.1) is 0 Å². The lowest BCUT2D eigenvalue weighted by Crippen LogP contribution is -2.48. The first kappa shape index (κ1) is 16.1. The fraction of sp³-hybridized carbons (Fsp3) is 0.500. The Kier molecular flexibility index (Phi) is 4.40. The van der Waals surface area contributed by atoms with E-state index in [1.165, 1.54) is 0 Å². The number of hydrogen-bond donors (Lipinski definition) is 1. The summed E-state index contributed by atoms with van der Waals surface area (Å²) in [5, 5.41) is 7.12. The number of carbonyl (C=O) groups is 1. The van der Waals surface area contributed by atoms with Crippen LogP contribution in [0.2, 0.25) is 0 Å². The largest absolute Gasteiger partial charge is 0.371 e. The first-order valence-electron chi connectivity index (χ1n) is 8.86. The number of aromatic nitrogens is 2. The van der Waals surface area contributed by atoms with E-state index in [1.54, 1.807) is 6.92 Å². The van der Waals surface area contributed by atoms with Crippen LogP contribution in [0.4, 0.5) is 5.69 Å². The number of amides is 1. The number of anilines is 1. The van der Waals surface area contributed by atoms with Gasteiger partial charge in [-0.2, -0.15) is 4.98 Å². The van der Waals surface area contributed by atoms with Crippen LogP contribution in [0.15, 0.2) is 28.8 Å². The molecule has 2 aliphatic rings. The zero-order valence-electron chi connectivity index (χ0n) is 14.4. The lowest BCUT2D eigenvalue weighted by atomic mass is 10.1. The van der Waals surface area contributed by atoms with Crippen molar-refractivity contribution in [1.82, 2.24) is 20.4 Å². The van der Waals surface area contributed by atoms with Crippen LogP contribution < -0.4 is 10.2 Å². The molecule has 2 saturated heterocycles. The average molecular weight is 341 g/mol. The van der Waals surface area contributed by atoms with Crippen LogP contribution >= 0.6 is 0 Å². The van der Waals surface area contributed by atoms with Crippen molar-refractivity contribution in [2.45, 2.75) is 13.3 Å². The van der Waals surface area contributed by atoms with Gasteiger partial charge in [-0.1, -0.05) is 5.16 Å². The highest BCUT2D eigenvalue weighted by Gasteiger charge is 2.32. The Bertz CT molecular complexity index is 736. The van der Waals surface area contributed by atoms with Gasteiger partial charge in [-0.25, -0.2) is 0 Å². The Morgan fingerprint density at radius 1 is 1.20 bits per heavy atom. The summed E-state index contributed by atoms with van der Waals surface area (Å²) in [7, 11) is 0. The molecular weight excluding hydrogens is 318 g/mol. The lowest BCUT2D eigenvalue weighted by Gasteiger charge is -2.29. The number of rotatable bonds is 3. The zero-order valence-corrected chi connectivity index (χ0v) is 14.4. The molecule has 1 N–H and O–H groups in total. The van der Waals surface area contributed by atoms with Crippen molar-refractivity contribution in [2.24, 2.45) is 5.92 Å². The number of nitrogens with zero attached hydrogens (tertiary/aromatic N) is 4. The third-order valence-corrected chi connectivity index (χ3v) is 4.97. The van der Waals surface area contributed by atoms with Crippen LogP contribution in [0.3, 0.4) is 0 Å². The van der Waals surface area contributed by atoms with Gasteiger partial charge in [0.1, 0.15) is 0 Å². The third kappa shape index (κ3) is 3.37. The minimum Gasteiger partial charge on any atom is -0.371 e. The minimum atomic E-state index is 0.108. The number of hydrogen-bond acceptors (Lipinski definition) is 6. The fourth-order valence-corrected chi connectivity index (χ4v) is 3.57. The number of carbonyl (C=O) groups excluding carboxylic acids is 1. The molecule has 1 atom stereocenters. The van der Waals surface area contributed by atoms with Crippen LogP contribution in [0, 0.1) is 12.8 Å². The van der Waals surface area contributed by atoms with Crippen LogP contribution in [0.25, 0.3) is 11.5 Å². The van der Waals surface area contributed by atoms with Gasteiger partial charge in [0.15, 0.2) is 5.82 Å². The topological polar surface area (TPSA) is 74.5 Å². The Morgan fingerprint density at radius 3 is 2.64 bits per heavy atom. The molecule has 7 heteroatoms. The monoisotopic (exact) mass is 341 g/mol. The molecule has 4 rings (SSSR count). The predicted octanol–water partition coefficient (Wildman–Crippen LogP) is 1.30. The summed E-state index contributed by atoms with van der Waals surface area (Å²) in [4.78, 5) is 21.2. The molecule has 2 aliphatic heterocycles. The summed E-state index contributed by atoms with van der Waals surface area (Å²) in [5.41, 5.74) is 2.05. The number of aryl methyl sites for hydroxylation is 1. The molecule has 1 amide bonds. The quantitative estimate of drug-likeness (QED) is 0.907. The van der Waals surface area contributed by atoms with Crippen LogP contribution in [-0.2, 0) is 4.79 Å². The first-order chi connectivity index (χ1) is 12.2. The Morgan fingerprint density at radius 2 is 1.96 bits per heavy atom. The molecule has 1 aromatic carbocycles. The lowest BCUT2D eigenvalue weighted by molar-refractivity contribution is -0.135. The van der Waals surface area contributed by atoms with Crippen molar-refractivity contribution in [3.8, 4) is 11.5 Å². The Labute approximate surface area is 147 Å². The van der Waals surface area contributed by atoms with Crippen molar-refractivity contribution >= 4 is 11.6 Å². The molecule has 0 unspecified atom stereocenters. The van der Waals surface area contributed by atoms with Crippen LogP contribution in [0.5, 0.6) is 0 Å². The standard InChI is InChI=1S/C18H23N5O2/c1-13-20-17(25-21-13)14-2-4-16(5-3-14)23-9-6-15(12-23)18(24)22-10-7-19-8-11-22/h2-5,15,19H,6-12H2,1H3/t15-/m1/s1. The molecule has 3 heterocycles. The van der Waals surface area contributed by atoms with Crippen molar-refractivity contribution in [3.05, 3.63) is 30.1 Å².